The van der Waals surface area contributed by atoms with E-state index in [9.17, 15) is 14.4 Å². The van der Waals surface area contributed by atoms with E-state index in [2.05, 4.69) is 46.8 Å². The molecule has 3 heterocycles. The number of nitrogens with zero attached hydrogens (tertiary/aromatic N) is 2. The van der Waals surface area contributed by atoms with Crippen LogP contribution in [0.2, 0.25) is 10.0 Å². The lowest BCUT2D eigenvalue weighted by molar-refractivity contribution is -0.146. The van der Waals surface area contributed by atoms with E-state index in [-0.39, 0.29) is 18.2 Å². The monoisotopic (exact) mass is 840 g/mol. The molecule has 0 fully saturated rings. The van der Waals surface area contributed by atoms with Gasteiger partial charge < -0.3 is 24.8 Å². The normalized spacial score (nSPS) is 16.4. The highest BCUT2D eigenvalue weighted by atomic mass is 35.5. The van der Waals surface area contributed by atoms with E-state index in [4.69, 9.17) is 37.4 Å². The van der Waals surface area contributed by atoms with E-state index < -0.39 is 24.2 Å². The molecule has 3 atom stereocenters. The zero-order valence-electron chi connectivity index (χ0n) is 33.0. The van der Waals surface area contributed by atoms with E-state index in [0.29, 0.717) is 58.9 Å². The second-order valence-electron chi connectivity index (χ2n) is 15.0. The third kappa shape index (κ3) is 9.31. The first-order chi connectivity index (χ1) is 29.1. The Morgan fingerprint density at radius 2 is 1.62 bits per heavy atom. The lowest BCUT2D eigenvalue weighted by Crippen LogP contribution is -2.54. The largest absolute Gasteiger partial charge is 0.489 e. The summed E-state index contributed by atoms with van der Waals surface area (Å²) >= 11 is 12.2. The molecule has 10 nitrogen and oxygen atoms in total. The van der Waals surface area contributed by atoms with Crippen molar-refractivity contribution in [1.82, 2.24) is 15.2 Å². The third-order valence-electron chi connectivity index (χ3n) is 10.8. The molecule has 8 rings (SSSR count). The molecule has 60 heavy (non-hydrogen) atoms. The van der Waals surface area contributed by atoms with Crippen LogP contribution in [-0.2, 0) is 51.7 Å². The molecule has 2 aliphatic heterocycles. The van der Waals surface area contributed by atoms with Crippen LogP contribution in [0, 0.1) is 6.92 Å². The van der Waals surface area contributed by atoms with Gasteiger partial charge in [0.15, 0.2) is 0 Å². The van der Waals surface area contributed by atoms with Gasteiger partial charge in [-0.25, -0.2) is 4.79 Å². The van der Waals surface area contributed by atoms with Gasteiger partial charge in [-0.2, -0.15) is 0 Å². The first-order valence-corrected chi connectivity index (χ1v) is 20.3. The highest BCUT2D eigenvalue weighted by molar-refractivity contribution is 6.42. The maximum absolute atomic E-state index is 14.3. The van der Waals surface area contributed by atoms with E-state index in [0.717, 1.165) is 39.1 Å². The van der Waals surface area contributed by atoms with Crippen LogP contribution in [0.5, 0.6) is 11.5 Å². The Morgan fingerprint density at radius 3 is 2.32 bits per heavy atom. The summed E-state index contributed by atoms with van der Waals surface area (Å²) in [5, 5.41) is 6.97. The van der Waals surface area contributed by atoms with Gasteiger partial charge >= 0.3 is 5.97 Å². The number of halogens is 2. The van der Waals surface area contributed by atoms with Gasteiger partial charge in [0.2, 0.25) is 12.0 Å². The summed E-state index contributed by atoms with van der Waals surface area (Å²) in [7, 11) is 1.32. The maximum atomic E-state index is 14.3. The fourth-order valence-corrected chi connectivity index (χ4v) is 7.86. The van der Waals surface area contributed by atoms with Crippen LogP contribution < -0.4 is 20.1 Å². The fourth-order valence-electron chi connectivity index (χ4n) is 7.54. The number of hydrogen-bond donors (Lipinski definition) is 2. The van der Waals surface area contributed by atoms with Crippen molar-refractivity contribution < 1.29 is 28.6 Å². The van der Waals surface area contributed by atoms with Gasteiger partial charge in [0, 0.05) is 31.3 Å². The predicted octanol–water partition coefficient (Wildman–Crippen LogP) is 8.84. The van der Waals surface area contributed by atoms with Crippen molar-refractivity contribution in [3.63, 3.8) is 0 Å². The minimum absolute atomic E-state index is 0.253. The third-order valence-corrected chi connectivity index (χ3v) is 11.6. The average Bonchev–Trinajstić information content (AvgIpc) is 3.26. The summed E-state index contributed by atoms with van der Waals surface area (Å²) in [5.41, 5.74) is 8.90. The van der Waals surface area contributed by atoms with E-state index in [1.807, 2.05) is 65.6 Å². The number of anilines is 1. The van der Waals surface area contributed by atoms with Gasteiger partial charge in [0.05, 0.1) is 34.6 Å². The number of nitrogens with one attached hydrogen (secondary N) is 2. The Hall–Kier alpha value is -6.20. The number of aryl methyl sites for hydroxylation is 1. The average molecular weight is 842 g/mol. The van der Waals surface area contributed by atoms with Crippen LogP contribution >= 0.6 is 23.2 Å². The van der Waals surface area contributed by atoms with Gasteiger partial charge in [-0.1, -0.05) is 102 Å². The van der Waals surface area contributed by atoms with Crippen molar-refractivity contribution in [1.29, 1.82) is 0 Å². The van der Waals surface area contributed by atoms with Gasteiger partial charge in [-0.15, -0.1) is 0 Å². The minimum Gasteiger partial charge on any atom is -0.489 e. The van der Waals surface area contributed by atoms with Gasteiger partial charge in [-0.05, 0) is 95.3 Å². The van der Waals surface area contributed by atoms with Gasteiger partial charge in [0.1, 0.15) is 24.1 Å². The molecule has 1 unspecified atom stereocenters. The van der Waals surface area contributed by atoms with Crippen molar-refractivity contribution in [3.05, 3.63) is 177 Å². The molecular weight excluding hydrogens is 799 g/mol. The topological polar surface area (TPSA) is 119 Å². The summed E-state index contributed by atoms with van der Waals surface area (Å²) in [6.45, 7) is 3.13. The molecule has 1 aromatic heterocycles. The number of ether oxygens (including phenoxy) is 3. The minimum atomic E-state index is -0.915. The number of carbonyl (C=O) groups excluding carboxylic acids is 3. The smallest absolute Gasteiger partial charge is 0.328 e. The second kappa shape index (κ2) is 18.0. The van der Waals surface area contributed by atoms with Crippen molar-refractivity contribution in [2.45, 2.75) is 57.6 Å². The number of benzene rings is 5. The number of amides is 2. The number of hydrogen-bond acceptors (Lipinski definition) is 8. The molecule has 12 heteroatoms. The molecule has 0 bridgehead atoms. The number of carbonyl (C=O) groups is 3. The number of pyridine rings is 1. The standard InChI is InChI=1S/C48H42Cl2N4O6/c1-29-6-11-32(12-7-29)33-13-8-30(9-14-33)22-42(48(57)58-2)53-46(55)43-24-35-23-41-44(25-36(35)26-54(43)27-37-5-3-4-20-51-37)60-45(47(56)52-41)34-15-17-38(18-16-34)59-28-31-10-19-39(49)40(50)21-31/h3-21,23,25,42-43,45H,22,24,26-28H2,1-2H3,(H,52,56)(H,53,55)/t42-,43?,45-/m0/s1. The number of aromatic nitrogens is 1. The maximum Gasteiger partial charge on any atom is 0.328 e. The zero-order chi connectivity index (χ0) is 41.8. The van der Waals surface area contributed by atoms with Crippen molar-refractivity contribution in [3.8, 4) is 22.6 Å². The summed E-state index contributed by atoms with van der Waals surface area (Å²) in [6, 6.07) is 36.7. The number of rotatable bonds is 12. The van der Waals surface area contributed by atoms with Crippen molar-refractivity contribution >= 4 is 46.7 Å². The zero-order valence-corrected chi connectivity index (χ0v) is 34.5. The molecule has 304 valence electrons. The molecule has 2 aliphatic rings. The van der Waals surface area contributed by atoms with Crippen LogP contribution in [0.25, 0.3) is 11.1 Å². The highest BCUT2D eigenvalue weighted by Crippen LogP contribution is 2.40. The molecule has 5 aromatic carbocycles. The molecule has 6 aromatic rings. The quantitative estimate of drug-likeness (QED) is 0.117. The SMILES string of the molecule is COC(=O)[C@H](Cc1ccc(-c2ccc(C)cc2)cc1)NC(=O)C1Cc2cc3c(cc2CN1Cc1ccccn1)O[C@@H](c1ccc(OCc2ccc(Cl)c(Cl)c2)cc1)C(=O)N3. The second-order valence-corrected chi connectivity index (χ2v) is 15.8. The van der Waals surface area contributed by atoms with Gasteiger partial charge in [0.25, 0.3) is 5.91 Å². The first-order valence-electron chi connectivity index (χ1n) is 19.6. The lowest BCUT2D eigenvalue weighted by Gasteiger charge is -2.37. The van der Waals surface area contributed by atoms with Gasteiger partial charge in [-0.3, -0.25) is 19.5 Å². The van der Waals surface area contributed by atoms with Crippen LogP contribution in [0.4, 0.5) is 5.69 Å². The molecule has 0 radical (unpaired) electrons. The number of methoxy groups -OCH3 is 1. The molecule has 0 spiro atoms. The highest BCUT2D eigenvalue weighted by Gasteiger charge is 2.37. The predicted molar refractivity (Wildman–Crippen MR) is 231 cm³/mol. The Balaban J connectivity index is 0.984. The van der Waals surface area contributed by atoms with E-state index in [1.54, 1.807) is 42.6 Å². The summed E-state index contributed by atoms with van der Waals surface area (Å²) in [5.74, 6) is -0.0228. The lowest BCUT2D eigenvalue weighted by atomic mass is 9.91. The van der Waals surface area contributed by atoms with Crippen molar-refractivity contribution in [2.75, 3.05) is 12.4 Å². The van der Waals surface area contributed by atoms with Crippen LogP contribution in [0.15, 0.2) is 128 Å². The Morgan fingerprint density at radius 1 is 0.883 bits per heavy atom. The summed E-state index contributed by atoms with van der Waals surface area (Å²) < 4.78 is 17.5. The number of fused-ring (bicyclic) bond motifs is 2. The molecular formula is C48H42Cl2N4O6. The molecule has 2 N–H and O–H groups in total. The van der Waals surface area contributed by atoms with E-state index >= 15 is 0 Å². The van der Waals surface area contributed by atoms with E-state index in [1.165, 1.54) is 12.7 Å². The number of esters is 1. The van der Waals surface area contributed by atoms with Crippen LogP contribution in [-0.4, -0.2) is 46.9 Å². The molecule has 0 saturated carbocycles. The Labute approximate surface area is 358 Å². The Bertz CT molecular complexity index is 2520. The van der Waals surface area contributed by atoms with Crippen molar-refractivity contribution in [2.24, 2.45) is 0 Å². The molecule has 0 aliphatic carbocycles. The molecule has 2 amide bonds. The fraction of sp³-hybridized carbons (Fsp3) is 0.208. The molecule has 0 saturated heterocycles. The Kier molecular flexibility index (Phi) is 12.1. The van der Waals surface area contributed by atoms with Crippen LogP contribution in [0.3, 0.4) is 0 Å². The summed E-state index contributed by atoms with van der Waals surface area (Å²) in [6.07, 6.45) is 1.41. The summed E-state index contributed by atoms with van der Waals surface area (Å²) in [4.78, 5) is 47.5. The van der Waals surface area contributed by atoms with Crippen LogP contribution in [0.1, 0.15) is 45.2 Å². The first kappa shape index (κ1) is 40.6.